The Morgan fingerprint density at radius 2 is 1.65 bits per heavy atom. The van der Waals surface area contributed by atoms with Gasteiger partial charge in [0.1, 0.15) is 18.1 Å². The first kappa shape index (κ1) is 29.8. The normalized spacial score (nSPS) is 14.9. The summed E-state index contributed by atoms with van der Waals surface area (Å²) in [5.41, 5.74) is 7.50. The highest BCUT2D eigenvalue weighted by molar-refractivity contribution is 5.95. The van der Waals surface area contributed by atoms with Gasteiger partial charge in [-0.3, -0.25) is 19.2 Å². The molecule has 1 aromatic carbocycles. The van der Waals surface area contributed by atoms with E-state index in [0.717, 1.165) is 10.9 Å². The van der Waals surface area contributed by atoms with Crippen molar-refractivity contribution in [3.05, 3.63) is 54.2 Å². The average Bonchev–Trinajstić information content (AvgIpc) is 3.55. The number of amides is 3. The van der Waals surface area contributed by atoms with Crippen molar-refractivity contribution in [1.82, 2.24) is 30.9 Å². The number of fused-ring (bicyclic) bond motifs is 1. The largest absolute Gasteiger partial charge is 0.481 e. The predicted octanol–water partition coefficient (Wildman–Crippen LogP) is -1.60. The minimum Gasteiger partial charge on any atom is -0.481 e. The SMILES string of the molecule is CC(O)C(NC(=O)C(Cc1c[nH]c2ccccc12)NC(=O)C(N)CC(=O)O)C(=O)NC(Cc1cnc[nH]1)C(=O)O. The topological polar surface area (TPSA) is 253 Å². The molecule has 0 saturated heterocycles. The van der Waals surface area contributed by atoms with Crippen molar-refractivity contribution in [2.75, 3.05) is 0 Å². The van der Waals surface area contributed by atoms with Crippen LogP contribution in [0.5, 0.6) is 0 Å². The van der Waals surface area contributed by atoms with Crippen LogP contribution >= 0.6 is 0 Å². The number of rotatable bonds is 14. The Bertz CT molecular complexity index is 1350. The molecule has 5 atom stereocenters. The molecule has 0 aliphatic rings. The van der Waals surface area contributed by atoms with Gasteiger partial charge in [0.15, 0.2) is 0 Å². The molecule has 0 fully saturated rings. The first-order chi connectivity index (χ1) is 19.0. The Hall–Kier alpha value is -4.76. The molecule has 10 N–H and O–H groups in total. The van der Waals surface area contributed by atoms with Crippen molar-refractivity contribution in [1.29, 1.82) is 0 Å². The fourth-order valence-corrected chi connectivity index (χ4v) is 4.03. The molecular weight excluding hydrogens is 526 g/mol. The zero-order valence-corrected chi connectivity index (χ0v) is 21.5. The Morgan fingerprint density at radius 1 is 0.950 bits per heavy atom. The van der Waals surface area contributed by atoms with Crippen LogP contribution < -0.4 is 21.7 Å². The summed E-state index contributed by atoms with van der Waals surface area (Å²) in [6.07, 6.45) is 2.03. The lowest BCUT2D eigenvalue weighted by atomic mass is 10.0. The molecule has 0 aliphatic heterocycles. The number of benzene rings is 1. The second-order valence-electron chi connectivity index (χ2n) is 9.24. The number of nitrogens with two attached hydrogens (primary N) is 1. The number of hydrogen-bond donors (Lipinski definition) is 9. The number of aliphatic carboxylic acids is 2. The van der Waals surface area contributed by atoms with Gasteiger partial charge in [0, 0.05) is 41.8 Å². The summed E-state index contributed by atoms with van der Waals surface area (Å²) in [7, 11) is 0. The number of imidazole rings is 1. The number of aromatic amines is 2. The molecule has 2 heterocycles. The van der Waals surface area contributed by atoms with Gasteiger partial charge in [-0.2, -0.15) is 0 Å². The quantitative estimate of drug-likeness (QED) is 0.110. The van der Waals surface area contributed by atoms with Gasteiger partial charge in [-0.15, -0.1) is 0 Å². The fraction of sp³-hybridized carbons (Fsp3) is 0.360. The van der Waals surface area contributed by atoms with Crippen LogP contribution in [-0.4, -0.2) is 90.2 Å². The van der Waals surface area contributed by atoms with Crippen LogP contribution in [0, 0.1) is 0 Å². The third-order valence-electron chi connectivity index (χ3n) is 6.12. The Kier molecular flexibility index (Phi) is 9.94. The number of carbonyl (C=O) groups is 5. The summed E-state index contributed by atoms with van der Waals surface area (Å²) in [5, 5.41) is 36.6. The number of carboxylic acid groups (broad SMARTS) is 2. The van der Waals surface area contributed by atoms with Gasteiger partial charge in [0.25, 0.3) is 0 Å². The molecule has 0 radical (unpaired) electrons. The van der Waals surface area contributed by atoms with E-state index in [9.17, 15) is 34.2 Å². The van der Waals surface area contributed by atoms with E-state index in [2.05, 4.69) is 30.9 Å². The lowest BCUT2D eigenvalue weighted by molar-refractivity contribution is -0.143. The molecule has 214 valence electrons. The zero-order chi connectivity index (χ0) is 29.4. The number of para-hydroxylation sites is 1. The van der Waals surface area contributed by atoms with Crippen molar-refractivity contribution in [3.63, 3.8) is 0 Å². The van der Waals surface area contributed by atoms with E-state index in [1.54, 1.807) is 18.3 Å². The van der Waals surface area contributed by atoms with Crippen molar-refractivity contribution in [2.45, 2.75) is 56.5 Å². The van der Waals surface area contributed by atoms with Crippen LogP contribution in [-0.2, 0) is 36.8 Å². The van der Waals surface area contributed by atoms with E-state index in [0.29, 0.717) is 11.3 Å². The highest BCUT2D eigenvalue weighted by Crippen LogP contribution is 2.19. The van der Waals surface area contributed by atoms with Crippen LogP contribution in [0.15, 0.2) is 43.0 Å². The summed E-state index contributed by atoms with van der Waals surface area (Å²) < 4.78 is 0. The molecule has 3 rings (SSSR count). The lowest BCUT2D eigenvalue weighted by Gasteiger charge is -2.26. The average molecular weight is 558 g/mol. The first-order valence-corrected chi connectivity index (χ1v) is 12.3. The van der Waals surface area contributed by atoms with E-state index in [4.69, 9.17) is 10.8 Å². The van der Waals surface area contributed by atoms with Gasteiger partial charge < -0.3 is 47.0 Å². The molecule has 40 heavy (non-hydrogen) atoms. The molecule has 0 bridgehead atoms. The Labute approximate surface area is 227 Å². The summed E-state index contributed by atoms with van der Waals surface area (Å²) in [4.78, 5) is 71.3. The number of carboxylic acids is 2. The standard InChI is InChI=1S/C25H31N7O8/c1-12(33)21(24(38)31-19(25(39)40)7-14-10-27-11-29-14)32-23(37)18(30-22(36)16(26)8-20(34)35)6-13-9-28-17-5-3-2-4-15(13)17/h2-5,9-12,16,18-19,21,28,33H,6-8,26H2,1H3,(H,27,29)(H,30,36)(H,31,38)(H,32,37)(H,34,35)(H,39,40). The third-order valence-corrected chi connectivity index (χ3v) is 6.12. The van der Waals surface area contributed by atoms with Crippen LogP contribution in [0.2, 0.25) is 0 Å². The second-order valence-corrected chi connectivity index (χ2v) is 9.24. The number of nitrogens with one attached hydrogen (secondary N) is 5. The minimum absolute atomic E-state index is 0.0763. The molecule has 3 amide bonds. The summed E-state index contributed by atoms with van der Waals surface area (Å²) in [6, 6.07) is 1.42. The molecule has 3 aromatic rings. The molecule has 0 aliphatic carbocycles. The molecule has 2 aromatic heterocycles. The van der Waals surface area contributed by atoms with Gasteiger partial charge in [0.2, 0.25) is 17.7 Å². The monoisotopic (exact) mass is 557 g/mol. The predicted molar refractivity (Wildman–Crippen MR) is 140 cm³/mol. The maximum absolute atomic E-state index is 13.4. The maximum atomic E-state index is 13.4. The minimum atomic E-state index is -1.59. The summed E-state index contributed by atoms with van der Waals surface area (Å²) in [6.45, 7) is 1.23. The summed E-state index contributed by atoms with van der Waals surface area (Å²) in [5.74, 6) is -5.44. The Balaban J connectivity index is 1.80. The number of nitrogens with zero attached hydrogens (tertiary/aromatic N) is 1. The van der Waals surface area contributed by atoms with E-state index in [1.165, 1.54) is 19.4 Å². The number of hydrogen-bond acceptors (Lipinski definition) is 8. The number of aliphatic hydroxyl groups excluding tert-OH is 1. The molecule has 15 nitrogen and oxygen atoms in total. The van der Waals surface area contributed by atoms with Crippen molar-refractivity contribution >= 4 is 40.6 Å². The van der Waals surface area contributed by atoms with Crippen LogP contribution in [0.3, 0.4) is 0 Å². The van der Waals surface area contributed by atoms with E-state index >= 15 is 0 Å². The van der Waals surface area contributed by atoms with Crippen molar-refractivity contribution in [3.8, 4) is 0 Å². The molecule has 15 heteroatoms. The first-order valence-electron chi connectivity index (χ1n) is 12.3. The summed E-state index contributed by atoms with van der Waals surface area (Å²) >= 11 is 0. The molecule has 0 saturated carbocycles. The second kappa shape index (κ2) is 13.3. The maximum Gasteiger partial charge on any atom is 0.326 e. The zero-order valence-electron chi connectivity index (χ0n) is 21.5. The van der Waals surface area contributed by atoms with E-state index in [-0.39, 0.29) is 12.8 Å². The Morgan fingerprint density at radius 3 is 2.27 bits per heavy atom. The van der Waals surface area contributed by atoms with Gasteiger partial charge >= 0.3 is 11.9 Å². The van der Waals surface area contributed by atoms with Gasteiger partial charge in [-0.05, 0) is 18.6 Å². The number of H-pyrrole nitrogens is 2. The highest BCUT2D eigenvalue weighted by atomic mass is 16.4. The smallest absolute Gasteiger partial charge is 0.326 e. The molecular formula is C25H31N7O8. The number of aromatic nitrogens is 3. The van der Waals surface area contributed by atoms with Gasteiger partial charge in [0.05, 0.1) is 24.9 Å². The third kappa shape index (κ3) is 7.87. The van der Waals surface area contributed by atoms with Gasteiger partial charge in [-0.25, -0.2) is 9.78 Å². The van der Waals surface area contributed by atoms with E-state index in [1.807, 2.05) is 12.1 Å². The molecule has 5 unspecified atom stereocenters. The lowest BCUT2D eigenvalue weighted by Crippen LogP contribution is -2.60. The number of aliphatic hydroxyl groups is 1. The molecule has 0 spiro atoms. The fourth-order valence-electron chi connectivity index (χ4n) is 4.03. The highest BCUT2D eigenvalue weighted by Gasteiger charge is 2.33. The van der Waals surface area contributed by atoms with Crippen LogP contribution in [0.1, 0.15) is 24.6 Å². The van der Waals surface area contributed by atoms with E-state index < -0.39 is 66.4 Å². The van der Waals surface area contributed by atoms with Crippen LogP contribution in [0.25, 0.3) is 10.9 Å². The number of carbonyl (C=O) groups excluding carboxylic acids is 3. The van der Waals surface area contributed by atoms with Crippen molar-refractivity contribution in [2.24, 2.45) is 5.73 Å². The van der Waals surface area contributed by atoms with Crippen LogP contribution in [0.4, 0.5) is 0 Å². The van der Waals surface area contributed by atoms with Gasteiger partial charge in [-0.1, -0.05) is 18.2 Å². The van der Waals surface area contributed by atoms with Crippen molar-refractivity contribution < 1.29 is 39.3 Å².